The van der Waals surface area contributed by atoms with E-state index in [2.05, 4.69) is 15.6 Å². The van der Waals surface area contributed by atoms with Crippen LogP contribution < -0.4 is 15.5 Å². The summed E-state index contributed by atoms with van der Waals surface area (Å²) in [5.41, 5.74) is 4.77. The number of hydrogen-bond donors (Lipinski definition) is 3. The number of nitrogens with one attached hydrogen (secondary N) is 3. The maximum Gasteiger partial charge on any atom is 0.258 e. The summed E-state index contributed by atoms with van der Waals surface area (Å²) in [5, 5.41) is 6.43. The Morgan fingerprint density at radius 1 is 1.03 bits per heavy atom. The van der Waals surface area contributed by atoms with E-state index in [1.807, 2.05) is 36.9 Å². The number of hydrogen-bond acceptors (Lipinski definition) is 5. The lowest BCUT2D eigenvalue weighted by Gasteiger charge is -2.37. The molecule has 8 nitrogen and oxygen atoms in total. The van der Waals surface area contributed by atoms with Crippen LogP contribution in [0.5, 0.6) is 0 Å². The van der Waals surface area contributed by atoms with Crippen molar-refractivity contribution in [3.8, 4) is 0 Å². The molecule has 3 aromatic carbocycles. The Labute approximate surface area is 213 Å². The third kappa shape index (κ3) is 4.53. The highest BCUT2D eigenvalue weighted by atomic mass is 35.5. The van der Waals surface area contributed by atoms with Gasteiger partial charge in [0.2, 0.25) is 5.95 Å². The van der Waals surface area contributed by atoms with Crippen molar-refractivity contribution in [3.05, 3.63) is 81.9 Å². The van der Waals surface area contributed by atoms with E-state index < -0.39 is 0 Å². The first-order valence-electron chi connectivity index (χ1n) is 11.6. The summed E-state index contributed by atoms with van der Waals surface area (Å²) in [4.78, 5) is 36.5. The first-order chi connectivity index (χ1) is 17.3. The molecule has 4 aromatic rings. The van der Waals surface area contributed by atoms with E-state index in [9.17, 15) is 9.59 Å². The van der Waals surface area contributed by atoms with E-state index in [4.69, 9.17) is 21.3 Å². The monoisotopic (exact) mass is 503 g/mol. The van der Waals surface area contributed by atoms with Crippen LogP contribution in [0.2, 0.25) is 5.02 Å². The number of imidazole rings is 1. The van der Waals surface area contributed by atoms with Gasteiger partial charge in [0.15, 0.2) is 0 Å². The molecule has 0 unspecified atom stereocenters. The average molecular weight is 504 g/mol. The minimum atomic E-state index is -0.353. The number of nitrogens with zero attached hydrogens (tertiary/aromatic N) is 2. The Morgan fingerprint density at radius 2 is 1.78 bits per heavy atom. The van der Waals surface area contributed by atoms with Gasteiger partial charge in [-0.2, -0.15) is 0 Å². The number of methoxy groups -OCH3 is 1. The predicted molar refractivity (Wildman–Crippen MR) is 142 cm³/mol. The number of amides is 2. The van der Waals surface area contributed by atoms with Gasteiger partial charge in [-0.3, -0.25) is 9.59 Å². The molecular weight excluding hydrogens is 478 g/mol. The third-order valence-corrected chi connectivity index (χ3v) is 6.87. The largest absolute Gasteiger partial charge is 0.378 e. The maximum absolute atomic E-state index is 13.5. The second-order valence-corrected chi connectivity index (χ2v) is 9.29. The predicted octanol–water partition coefficient (Wildman–Crippen LogP) is 5.17. The first-order valence-corrected chi connectivity index (χ1v) is 12.0. The summed E-state index contributed by atoms with van der Waals surface area (Å²) in [7, 11) is 1.68. The van der Waals surface area contributed by atoms with Crippen LogP contribution in [0.15, 0.2) is 54.6 Å². The highest BCUT2D eigenvalue weighted by molar-refractivity contribution is 6.31. The molecule has 36 heavy (non-hydrogen) atoms. The van der Waals surface area contributed by atoms with Crippen LogP contribution in [0.3, 0.4) is 0 Å². The standard InChI is InChI=1S/C27H26ClN5O3/c1-15-7-4-5-8-19(15)25(34)29-17-11-20(26(35)30-22-10-6-9-21(28)16(22)2)24-23(12-17)31-27(32-24)33-13-18(14-33)36-3/h4-12,18H,13-14H2,1-3H3,(H,29,34)(H,30,35)(H,31,32). The van der Waals surface area contributed by atoms with Crippen molar-refractivity contribution in [2.75, 3.05) is 35.7 Å². The van der Waals surface area contributed by atoms with Gasteiger partial charge in [-0.15, -0.1) is 0 Å². The molecule has 1 aromatic heterocycles. The number of rotatable bonds is 6. The van der Waals surface area contributed by atoms with E-state index in [0.29, 0.717) is 57.6 Å². The summed E-state index contributed by atoms with van der Waals surface area (Å²) in [6.07, 6.45) is 0.149. The molecule has 0 bridgehead atoms. The SMILES string of the molecule is COC1CN(c2nc3c(C(=O)Nc4cccc(Cl)c4C)cc(NC(=O)c4ccccc4C)cc3[nH]2)C1. The molecule has 184 valence electrons. The molecule has 1 fully saturated rings. The minimum Gasteiger partial charge on any atom is -0.378 e. The van der Waals surface area contributed by atoms with Gasteiger partial charge in [-0.25, -0.2) is 4.98 Å². The van der Waals surface area contributed by atoms with Crippen LogP contribution in [-0.2, 0) is 4.74 Å². The number of anilines is 3. The molecule has 0 aliphatic carbocycles. The van der Waals surface area contributed by atoms with Gasteiger partial charge < -0.3 is 25.3 Å². The van der Waals surface area contributed by atoms with Crippen LogP contribution in [0.25, 0.3) is 11.0 Å². The molecule has 1 saturated heterocycles. The van der Waals surface area contributed by atoms with Crippen LogP contribution >= 0.6 is 11.6 Å². The van der Waals surface area contributed by atoms with Gasteiger partial charge in [0.1, 0.15) is 5.52 Å². The number of carbonyl (C=O) groups excluding carboxylic acids is 2. The van der Waals surface area contributed by atoms with Gasteiger partial charge in [-0.05, 0) is 55.3 Å². The van der Waals surface area contributed by atoms with E-state index in [-0.39, 0.29) is 17.9 Å². The lowest BCUT2D eigenvalue weighted by molar-refractivity contribution is 0.0779. The van der Waals surface area contributed by atoms with Crippen LogP contribution in [0.1, 0.15) is 31.8 Å². The molecule has 2 amide bonds. The summed E-state index contributed by atoms with van der Waals surface area (Å²) in [6, 6.07) is 16.1. The number of H-pyrrole nitrogens is 1. The average Bonchev–Trinajstić information content (AvgIpc) is 3.24. The molecule has 9 heteroatoms. The number of halogens is 1. The Hall–Kier alpha value is -3.88. The Morgan fingerprint density at radius 3 is 2.53 bits per heavy atom. The number of carbonyl (C=O) groups is 2. The molecule has 0 radical (unpaired) electrons. The van der Waals surface area contributed by atoms with Crippen molar-refractivity contribution in [3.63, 3.8) is 0 Å². The fourth-order valence-corrected chi connectivity index (χ4v) is 4.39. The quantitative estimate of drug-likeness (QED) is 0.337. The molecule has 1 aliphatic rings. The summed E-state index contributed by atoms with van der Waals surface area (Å²) in [6.45, 7) is 5.13. The normalized spacial score (nSPS) is 13.5. The highest BCUT2D eigenvalue weighted by Gasteiger charge is 2.29. The van der Waals surface area contributed by atoms with E-state index in [0.717, 1.165) is 11.1 Å². The lowest BCUT2D eigenvalue weighted by atomic mass is 10.1. The summed E-state index contributed by atoms with van der Waals surface area (Å²) >= 11 is 6.24. The number of ether oxygens (including phenoxy) is 1. The zero-order chi connectivity index (χ0) is 25.4. The van der Waals surface area contributed by atoms with Crippen LogP contribution in [-0.4, -0.2) is 48.1 Å². The van der Waals surface area contributed by atoms with Gasteiger partial charge >= 0.3 is 0 Å². The molecule has 2 heterocycles. The van der Waals surface area contributed by atoms with Gasteiger partial charge in [0.25, 0.3) is 11.8 Å². The van der Waals surface area contributed by atoms with Crippen molar-refractivity contribution in [1.82, 2.24) is 9.97 Å². The fourth-order valence-electron chi connectivity index (χ4n) is 4.22. The highest BCUT2D eigenvalue weighted by Crippen LogP contribution is 2.30. The number of fused-ring (bicyclic) bond motifs is 1. The smallest absolute Gasteiger partial charge is 0.258 e. The number of aryl methyl sites for hydroxylation is 1. The van der Waals surface area contributed by atoms with Gasteiger partial charge in [0, 0.05) is 42.2 Å². The van der Waals surface area contributed by atoms with Gasteiger partial charge in [-0.1, -0.05) is 35.9 Å². The van der Waals surface area contributed by atoms with Crippen molar-refractivity contribution in [2.24, 2.45) is 0 Å². The van der Waals surface area contributed by atoms with Crippen molar-refractivity contribution in [1.29, 1.82) is 0 Å². The first kappa shape index (κ1) is 23.8. The number of aromatic amines is 1. The Bertz CT molecular complexity index is 1480. The zero-order valence-electron chi connectivity index (χ0n) is 20.2. The molecule has 0 spiro atoms. The van der Waals surface area contributed by atoms with Gasteiger partial charge in [0.05, 0.1) is 17.2 Å². The van der Waals surface area contributed by atoms with E-state index >= 15 is 0 Å². The summed E-state index contributed by atoms with van der Waals surface area (Å²) < 4.78 is 5.37. The topological polar surface area (TPSA) is 99.3 Å². The van der Waals surface area contributed by atoms with Crippen molar-refractivity contribution in [2.45, 2.75) is 20.0 Å². The maximum atomic E-state index is 13.5. The Kier molecular flexibility index (Phi) is 6.38. The van der Waals surface area contributed by atoms with Crippen LogP contribution in [0.4, 0.5) is 17.3 Å². The second kappa shape index (κ2) is 9.64. The number of benzene rings is 3. The zero-order valence-corrected chi connectivity index (χ0v) is 20.9. The molecule has 1 aliphatic heterocycles. The lowest BCUT2D eigenvalue weighted by Crippen LogP contribution is -2.52. The van der Waals surface area contributed by atoms with E-state index in [1.54, 1.807) is 43.5 Å². The number of aromatic nitrogens is 2. The fraction of sp³-hybridized carbons (Fsp3) is 0.222. The molecule has 0 saturated carbocycles. The van der Waals surface area contributed by atoms with Crippen molar-refractivity contribution < 1.29 is 14.3 Å². The minimum absolute atomic E-state index is 0.149. The van der Waals surface area contributed by atoms with Crippen molar-refractivity contribution >= 4 is 51.8 Å². The van der Waals surface area contributed by atoms with E-state index in [1.165, 1.54) is 0 Å². The molecule has 5 rings (SSSR count). The molecule has 0 atom stereocenters. The second-order valence-electron chi connectivity index (χ2n) is 8.88. The summed E-state index contributed by atoms with van der Waals surface area (Å²) in [5.74, 6) is 0.0392. The Balaban J connectivity index is 1.52. The molecular formula is C27H26ClN5O3. The van der Waals surface area contributed by atoms with Crippen LogP contribution in [0, 0.1) is 13.8 Å². The molecule has 3 N–H and O–H groups in total. The third-order valence-electron chi connectivity index (χ3n) is 6.46.